The summed E-state index contributed by atoms with van der Waals surface area (Å²) in [6.45, 7) is 0.983. The van der Waals surface area contributed by atoms with Gasteiger partial charge in [-0.3, -0.25) is 14.4 Å². The van der Waals surface area contributed by atoms with E-state index < -0.39 is 47.3 Å². The third-order valence-electron chi connectivity index (χ3n) is 3.46. The summed E-state index contributed by atoms with van der Waals surface area (Å²) < 4.78 is 23.4. The zero-order valence-electron chi connectivity index (χ0n) is 13.1. The van der Waals surface area contributed by atoms with E-state index in [1.165, 1.54) is 6.07 Å². The van der Waals surface area contributed by atoms with Crippen LogP contribution < -0.4 is 10.6 Å². The third-order valence-corrected chi connectivity index (χ3v) is 3.46. The summed E-state index contributed by atoms with van der Waals surface area (Å²) in [6.07, 6.45) is -3.40. The summed E-state index contributed by atoms with van der Waals surface area (Å²) in [4.78, 5) is 47.2. The Labute approximate surface area is 141 Å². The normalized spacial score (nSPS) is 18.6. The predicted molar refractivity (Wildman–Crippen MR) is 80.2 cm³/mol. The molecule has 0 saturated carbocycles. The van der Waals surface area contributed by atoms with Gasteiger partial charge in [-0.15, -0.1) is 0 Å². The number of hydrogen-bond acceptors (Lipinski definition) is 6. The molecule has 3 N–H and O–H groups in total. The van der Waals surface area contributed by atoms with Crippen molar-refractivity contribution in [3.63, 3.8) is 0 Å². The molecule has 0 aliphatic carbocycles. The lowest BCUT2D eigenvalue weighted by Gasteiger charge is -2.34. The van der Waals surface area contributed by atoms with Crippen molar-refractivity contribution >= 4 is 29.4 Å². The van der Waals surface area contributed by atoms with Crippen LogP contribution in [0.1, 0.15) is 17.3 Å². The lowest BCUT2D eigenvalue weighted by atomic mass is 10.1. The Morgan fingerprint density at radius 2 is 2.12 bits per heavy atom. The van der Waals surface area contributed by atoms with Gasteiger partial charge in [-0.2, -0.15) is 0 Å². The average Bonchev–Trinajstić information content (AvgIpc) is 2.53. The van der Waals surface area contributed by atoms with E-state index in [-0.39, 0.29) is 18.8 Å². The van der Waals surface area contributed by atoms with Crippen molar-refractivity contribution in [2.24, 2.45) is 5.73 Å². The van der Waals surface area contributed by atoms with E-state index in [1.54, 1.807) is 0 Å². The van der Waals surface area contributed by atoms with Gasteiger partial charge in [0.1, 0.15) is 5.82 Å². The minimum absolute atomic E-state index is 0.0333. The molecule has 134 valence electrons. The van der Waals surface area contributed by atoms with Crippen LogP contribution in [0.25, 0.3) is 0 Å². The van der Waals surface area contributed by atoms with Crippen molar-refractivity contribution in [3.05, 3.63) is 29.6 Å². The van der Waals surface area contributed by atoms with Gasteiger partial charge in [0.2, 0.25) is 6.10 Å². The number of morpholine rings is 1. The van der Waals surface area contributed by atoms with Gasteiger partial charge in [0.25, 0.3) is 11.8 Å². The summed E-state index contributed by atoms with van der Waals surface area (Å²) >= 11 is 0. The van der Waals surface area contributed by atoms with Crippen molar-refractivity contribution in [2.75, 3.05) is 18.1 Å². The van der Waals surface area contributed by atoms with Gasteiger partial charge >= 0.3 is 11.9 Å². The first-order valence-electron chi connectivity index (χ1n) is 7.14. The molecule has 2 amide bonds. The molecular formula is C15H15FN2O7. The van der Waals surface area contributed by atoms with E-state index in [9.17, 15) is 23.6 Å². The molecule has 1 fully saturated rings. The molecule has 2 rings (SSSR count). The number of ether oxygens (including phenoxy) is 2. The van der Waals surface area contributed by atoms with Gasteiger partial charge in [0.05, 0.1) is 12.2 Å². The number of amides is 2. The number of hydrogen-bond donors (Lipinski definition) is 2. The number of esters is 1. The van der Waals surface area contributed by atoms with Crippen molar-refractivity contribution < 1.29 is 38.1 Å². The van der Waals surface area contributed by atoms with Crippen molar-refractivity contribution in [3.8, 4) is 0 Å². The van der Waals surface area contributed by atoms with Gasteiger partial charge in [-0.25, -0.2) is 9.18 Å². The number of nitrogens with two attached hydrogens (primary N) is 1. The van der Waals surface area contributed by atoms with Crippen LogP contribution in [0.5, 0.6) is 0 Å². The maximum atomic E-state index is 13.6. The van der Waals surface area contributed by atoms with E-state index in [0.29, 0.717) is 0 Å². The number of halogens is 1. The molecule has 0 radical (unpaired) electrons. The van der Waals surface area contributed by atoms with Gasteiger partial charge in [0.15, 0.2) is 6.10 Å². The number of carbonyl (C=O) groups excluding carboxylic acids is 3. The number of benzene rings is 1. The Morgan fingerprint density at radius 3 is 2.68 bits per heavy atom. The van der Waals surface area contributed by atoms with E-state index in [1.807, 2.05) is 0 Å². The Kier molecular flexibility index (Phi) is 5.32. The van der Waals surface area contributed by atoms with Crippen molar-refractivity contribution in [1.29, 1.82) is 0 Å². The summed E-state index contributed by atoms with van der Waals surface area (Å²) in [5, 5.41) is 9.16. The molecule has 2 unspecified atom stereocenters. The zero-order valence-corrected chi connectivity index (χ0v) is 13.1. The quantitative estimate of drug-likeness (QED) is 0.691. The molecule has 1 saturated heterocycles. The second-order valence-corrected chi connectivity index (χ2v) is 5.18. The van der Waals surface area contributed by atoms with Gasteiger partial charge in [-0.1, -0.05) is 0 Å². The first-order chi connectivity index (χ1) is 11.7. The molecule has 1 aromatic carbocycles. The average molecular weight is 354 g/mol. The monoisotopic (exact) mass is 354 g/mol. The molecule has 0 bridgehead atoms. The van der Waals surface area contributed by atoms with Crippen LogP contribution >= 0.6 is 0 Å². The van der Waals surface area contributed by atoms with Gasteiger partial charge in [0, 0.05) is 19.2 Å². The SMILES string of the molecule is CC(=O)OC(C(=O)O)C1OCCN(c2ccc(F)c(C(N)=O)c2)C1=O. The van der Waals surface area contributed by atoms with Crippen LogP contribution in [-0.4, -0.2) is 54.2 Å². The number of rotatable bonds is 5. The molecule has 25 heavy (non-hydrogen) atoms. The molecule has 9 nitrogen and oxygen atoms in total. The topological polar surface area (TPSA) is 136 Å². The van der Waals surface area contributed by atoms with E-state index in [0.717, 1.165) is 24.0 Å². The minimum atomic E-state index is -1.83. The summed E-state index contributed by atoms with van der Waals surface area (Å²) in [7, 11) is 0. The number of carboxylic acid groups (broad SMARTS) is 1. The summed E-state index contributed by atoms with van der Waals surface area (Å²) in [5.74, 6) is -5.11. The number of anilines is 1. The van der Waals surface area contributed by atoms with Crippen LogP contribution in [0.15, 0.2) is 18.2 Å². The van der Waals surface area contributed by atoms with E-state index in [4.69, 9.17) is 15.6 Å². The molecule has 1 aromatic rings. The minimum Gasteiger partial charge on any atom is -0.478 e. The second-order valence-electron chi connectivity index (χ2n) is 5.18. The highest BCUT2D eigenvalue weighted by atomic mass is 19.1. The van der Waals surface area contributed by atoms with Crippen LogP contribution in [0.3, 0.4) is 0 Å². The molecule has 2 atom stereocenters. The van der Waals surface area contributed by atoms with Crippen LogP contribution in [0.2, 0.25) is 0 Å². The highest BCUT2D eigenvalue weighted by Crippen LogP contribution is 2.24. The Balaban J connectivity index is 2.33. The molecule has 1 heterocycles. The number of carboxylic acids is 1. The highest BCUT2D eigenvalue weighted by Gasteiger charge is 2.42. The lowest BCUT2D eigenvalue weighted by molar-refractivity contribution is -0.177. The number of aliphatic carboxylic acids is 1. The molecular weight excluding hydrogens is 339 g/mol. The standard InChI is InChI=1S/C15H15FN2O7/c1-7(19)25-12(15(22)23)11-14(21)18(4-5-24-11)8-2-3-10(16)9(6-8)13(17)20/h2-3,6,11-12H,4-5H2,1H3,(H2,17,20)(H,22,23). The summed E-state index contributed by atoms with van der Waals surface area (Å²) in [6, 6.07) is 3.29. The molecule has 1 aliphatic rings. The Bertz CT molecular complexity index is 737. The Morgan fingerprint density at radius 1 is 1.44 bits per heavy atom. The van der Waals surface area contributed by atoms with Crippen molar-refractivity contribution in [2.45, 2.75) is 19.1 Å². The fourth-order valence-corrected chi connectivity index (χ4v) is 2.37. The van der Waals surface area contributed by atoms with Crippen LogP contribution in [0, 0.1) is 5.82 Å². The molecule has 1 aliphatic heterocycles. The van der Waals surface area contributed by atoms with Gasteiger partial charge in [-0.05, 0) is 18.2 Å². The van der Waals surface area contributed by atoms with Crippen molar-refractivity contribution in [1.82, 2.24) is 0 Å². The molecule has 10 heteroatoms. The van der Waals surface area contributed by atoms with Crippen LogP contribution in [-0.2, 0) is 23.9 Å². The second kappa shape index (κ2) is 7.26. The first kappa shape index (κ1) is 18.3. The smallest absolute Gasteiger partial charge is 0.348 e. The predicted octanol–water partition coefficient (Wildman–Crippen LogP) is -0.327. The van der Waals surface area contributed by atoms with E-state index in [2.05, 4.69) is 4.74 Å². The van der Waals surface area contributed by atoms with Crippen LogP contribution in [0.4, 0.5) is 10.1 Å². The van der Waals surface area contributed by atoms with Gasteiger partial charge < -0.3 is 25.2 Å². The molecule has 0 aromatic heterocycles. The number of primary amides is 1. The van der Waals surface area contributed by atoms with E-state index >= 15 is 0 Å². The first-order valence-corrected chi connectivity index (χ1v) is 7.14. The third kappa shape index (κ3) is 3.91. The molecule has 0 spiro atoms. The maximum Gasteiger partial charge on any atom is 0.348 e. The maximum absolute atomic E-state index is 13.6. The fourth-order valence-electron chi connectivity index (χ4n) is 2.37. The fraction of sp³-hybridized carbons (Fsp3) is 0.333. The zero-order chi connectivity index (χ0) is 18.7. The highest BCUT2D eigenvalue weighted by molar-refractivity contribution is 6.02. The number of nitrogens with zero attached hydrogens (tertiary/aromatic N) is 1. The Hall–Kier alpha value is -3.01. The largest absolute Gasteiger partial charge is 0.478 e. The lowest BCUT2D eigenvalue weighted by Crippen LogP contribution is -2.55. The summed E-state index contributed by atoms with van der Waals surface area (Å²) in [5.41, 5.74) is 4.80. The number of carbonyl (C=O) groups is 4.